The molecule has 0 saturated heterocycles. The first kappa shape index (κ1) is 15.3. The Kier molecular flexibility index (Phi) is 5.21. The number of nitrogens with one attached hydrogen (secondary N) is 2. The van der Waals surface area contributed by atoms with E-state index in [1.165, 1.54) is 5.56 Å². The van der Waals surface area contributed by atoms with Crippen LogP contribution in [0, 0.1) is 6.92 Å². The van der Waals surface area contributed by atoms with Crippen LogP contribution in [-0.4, -0.2) is 26.2 Å². The molecule has 0 aromatic heterocycles. The Morgan fingerprint density at radius 1 is 1.37 bits per heavy atom. The fraction of sp³-hybridized carbons (Fsp3) is 0.533. The molecule has 1 aromatic rings. The second-order valence-corrected chi connectivity index (χ2v) is 5.23. The van der Waals surface area contributed by atoms with E-state index in [4.69, 9.17) is 4.74 Å². The number of hydrogen-bond acceptors (Lipinski definition) is 2. The number of carbonyl (C=O) groups is 1. The first-order valence-corrected chi connectivity index (χ1v) is 6.60. The summed E-state index contributed by atoms with van der Waals surface area (Å²) in [5.41, 5.74) is 2.18. The number of aryl methyl sites for hydroxylation is 1. The lowest BCUT2D eigenvalue weighted by atomic mass is 9.84. The third-order valence-corrected chi connectivity index (χ3v) is 3.17. The van der Waals surface area contributed by atoms with Crippen LogP contribution in [0.5, 0.6) is 5.75 Å². The second kappa shape index (κ2) is 6.45. The lowest BCUT2D eigenvalue weighted by molar-refractivity contribution is 0.240. The molecule has 4 heteroatoms. The Morgan fingerprint density at radius 2 is 2.05 bits per heavy atom. The quantitative estimate of drug-likeness (QED) is 0.859. The molecule has 0 heterocycles. The Hall–Kier alpha value is -1.71. The molecule has 0 aliphatic carbocycles. The maximum absolute atomic E-state index is 11.3. The average molecular weight is 264 g/mol. The van der Waals surface area contributed by atoms with E-state index in [0.717, 1.165) is 11.3 Å². The van der Waals surface area contributed by atoms with Crippen LogP contribution in [0.15, 0.2) is 18.2 Å². The smallest absolute Gasteiger partial charge is 0.314 e. The first-order chi connectivity index (χ1) is 8.90. The summed E-state index contributed by atoms with van der Waals surface area (Å²) < 4.78 is 5.54. The van der Waals surface area contributed by atoms with E-state index in [9.17, 15) is 4.79 Å². The zero-order chi connectivity index (χ0) is 14.5. The third kappa shape index (κ3) is 4.16. The zero-order valence-electron chi connectivity index (χ0n) is 12.5. The van der Waals surface area contributed by atoms with Crippen molar-refractivity contribution in [1.29, 1.82) is 0 Å². The van der Waals surface area contributed by atoms with Crippen molar-refractivity contribution in [3.05, 3.63) is 29.3 Å². The molecule has 2 N–H and O–H groups in total. The SMILES string of the molecule is CCOc1ccc(C(C)(C)CNC(=O)NC)cc1C. The number of hydrogen-bond donors (Lipinski definition) is 2. The summed E-state index contributed by atoms with van der Waals surface area (Å²) in [4.78, 5) is 11.3. The monoisotopic (exact) mass is 264 g/mol. The molecule has 1 aromatic carbocycles. The molecule has 0 spiro atoms. The predicted octanol–water partition coefficient (Wildman–Crippen LogP) is 2.60. The van der Waals surface area contributed by atoms with Crippen LogP contribution in [-0.2, 0) is 5.41 Å². The molecule has 1 rings (SSSR count). The molecular formula is C15H24N2O2. The van der Waals surface area contributed by atoms with Gasteiger partial charge in [-0.15, -0.1) is 0 Å². The molecule has 106 valence electrons. The molecule has 4 nitrogen and oxygen atoms in total. The molecular weight excluding hydrogens is 240 g/mol. The van der Waals surface area contributed by atoms with Crippen molar-refractivity contribution < 1.29 is 9.53 Å². The molecule has 0 radical (unpaired) electrons. The summed E-state index contributed by atoms with van der Waals surface area (Å²) >= 11 is 0. The molecule has 0 bridgehead atoms. The summed E-state index contributed by atoms with van der Waals surface area (Å²) in [6.45, 7) is 9.49. The van der Waals surface area contributed by atoms with Gasteiger partial charge in [0.05, 0.1) is 6.61 Å². The molecule has 2 amide bonds. The number of carbonyl (C=O) groups excluding carboxylic acids is 1. The number of amides is 2. The largest absolute Gasteiger partial charge is 0.494 e. The van der Waals surface area contributed by atoms with Crippen molar-refractivity contribution in [3.8, 4) is 5.75 Å². The highest BCUT2D eigenvalue weighted by Gasteiger charge is 2.22. The van der Waals surface area contributed by atoms with E-state index in [2.05, 4.69) is 36.6 Å². The molecule has 0 atom stereocenters. The molecule has 0 fully saturated rings. The van der Waals surface area contributed by atoms with Gasteiger partial charge in [-0.3, -0.25) is 0 Å². The van der Waals surface area contributed by atoms with Crippen molar-refractivity contribution in [2.45, 2.75) is 33.1 Å². The van der Waals surface area contributed by atoms with Gasteiger partial charge in [0.15, 0.2) is 0 Å². The summed E-state index contributed by atoms with van der Waals surface area (Å²) in [5.74, 6) is 0.918. The Morgan fingerprint density at radius 3 is 2.58 bits per heavy atom. The lowest BCUT2D eigenvalue weighted by Gasteiger charge is -2.26. The average Bonchev–Trinajstić information content (AvgIpc) is 2.38. The molecule has 0 saturated carbocycles. The maximum atomic E-state index is 11.3. The molecule has 0 unspecified atom stereocenters. The van der Waals surface area contributed by atoms with Crippen molar-refractivity contribution in [1.82, 2.24) is 10.6 Å². The minimum absolute atomic E-state index is 0.123. The van der Waals surface area contributed by atoms with Crippen LogP contribution in [0.25, 0.3) is 0 Å². The topological polar surface area (TPSA) is 50.4 Å². The van der Waals surface area contributed by atoms with Crippen LogP contribution in [0.4, 0.5) is 4.79 Å². The van der Waals surface area contributed by atoms with Crippen LogP contribution < -0.4 is 15.4 Å². The fourth-order valence-electron chi connectivity index (χ4n) is 1.88. The van der Waals surface area contributed by atoms with Crippen LogP contribution in [0.3, 0.4) is 0 Å². The molecule has 0 aliphatic heterocycles. The van der Waals surface area contributed by atoms with Crippen molar-refractivity contribution in [2.75, 3.05) is 20.2 Å². The van der Waals surface area contributed by atoms with Gasteiger partial charge in [-0.05, 0) is 31.0 Å². The van der Waals surface area contributed by atoms with Gasteiger partial charge in [-0.25, -0.2) is 4.79 Å². The number of benzene rings is 1. The van der Waals surface area contributed by atoms with Crippen LogP contribution in [0.1, 0.15) is 31.9 Å². The third-order valence-electron chi connectivity index (χ3n) is 3.17. The fourth-order valence-corrected chi connectivity index (χ4v) is 1.88. The Balaban J connectivity index is 2.83. The van der Waals surface area contributed by atoms with Crippen molar-refractivity contribution in [2.24, 2.45) is 0 Å². The van der Waals surface area contributed by atoms with E-state index in [1.807, 2.05) is 19.9 Å². The number of urea groups is 1. The number of ether oxygens (including phenoxy) is 1. The minimum Gasteiger partial charge on any atom is -0.494 e. The van der Waals surface area contributed by atoms with Gasteiger partial charge in [-0.1, -0.05) is 26.0 Å². The summed E-state index contributed by atoms with van der Waals surface area (Å²) in [5, 5.41) is 5.41. The molecule has 0 aliphatic rings. The highest BCUT2D eigenvalue weighted by Crippen LogP contribution is 2.27. The van der Waals surface area contributed by atoms with Crippen LogP contribution in [0.2, 0.25) is 0 Å². The van der Waals surface area contributed by atoms with Gasteiger partial charge in [0.25, 0.3) is 0 Å². The number of rotatable bonds is 5. The van der Waals surface area contributed by atoms with Gasteiger partial charge in [0.1, 0.15) is 5.75 Å². The minimum atomic E-state index is -0.157. The van der Waals surface area contributed by atoms with E-state index < -0.39 is 0 Å². The van der Waals surface area contributed by atoms with Crippen LogP contribution >= 0.6 is 0 Å². The summed E-state index contributed by atoms with van der Waals surface area (Å²) in [7, 11) is 1.61. The predicted molar refractivity (Wildman–Crippen MR) is 77.8 cm³/mol. The van der Waals surface area contributed by atoms with Gasteiger partial charge < -0.3 is 15.4 Å². The van der Waals surface area contributed by atoms with Crippen molar-refractivity contribution in [3.63, 3.8) is 0 Å². The zero-order valence-corrected chi connectivity index (χ0v) is 12.5. The van der Waals surface area contributed by atoms with Gasteiger partial charge in [0, 0.05) is 19.0 Å². The molecule has 19 heavy (non-hydrogen) atoms. The Labute approximate surface area is 115 Å². The highest BCUT2D eigenvalue weighted by molar-refractivity contribution is 5.73. The van der Waals surface area contributed by atoms with Gasteiger partial charge >= 0.3 is 6.03 Å². The normalized spacial score (nSPS) is 11.0. The summed E-state index contributed by atoms with van der Waals surface area (Å²) in [6, 6.07) is 6.02. The lowest BCUT2D eigenvalue weighted by Crippen LogP contribution is -2.40. The van der Waals surface area contributed by atoms with Gasteiger partial charge in [-0.2, -0.15) is 0 Å². The van der Waals surface area contributed by atoms with E-state index in [1.54, 1.807) is 7.05 Å². The standard InChI is InChI=1S/C15H24N2O2/c1-6-19-13-8-7-12(9-11(13)2)15(3,4)10-17-14(18)16-5/h7-9H,6,10H2,1-5H3,(H2,16,17,18). The van der Waals surface area contributed by atoms with E-state index >= 15 is 0 Å². The first-order valence-electron chi connectivity index (χ1n) is 6.60. The van der Waals surface area contributed by atoms with E-state index in [-0.39, 0.29) is 11.4 Å². The van der Waals surface area contributed by atoms with Gasteiger partial charge in [0.2, 0.25) is 0 Å². The maximum Gasteiger partial charge on any atom is 0.314 e. The second-order valence-electron chi connectivity index (χ2n) is 5.23. The highest BCUT2D eigenvalue weighted by atomic mass is 16.5. The van der Waals surface area contributed by atoms with Crippen molar-refractivity contribution >= 4 is 6.03 Å². The Bertz CT molecular complexity index is 442. The summed E-state index contributed by atoms with van der Waals surface area (Å²) in [6.07, 6.45) is 0. The van der Waals surface area contributed by atoms with E-state index in [0.29, 0.717) is 13.2 Å².